The first-order valence-electron chi connectivity index (χ1n) is 14.9. The summed E-state index contributed by atoms with van der Waals surface area (Å²) in [5, 5.41) is 9.45. The van der Waals surface area contributed by atoms with Crippen molar-refractivity contribution in [2.75, 3.05) is 13.2 Å². The molecule has 0 rings (SSSR count). The second-order valence-corrected chi connectivity index (χ2v) is 9.53. The molecule has 0 heterocycles. The number of rotatable bonds is 25. The van der Waals surface area contributed by atoms with E-state index in [2.05, 4.69) is 38.2 Å². The van der Waals surface area contributed by atoms with Crippen molar-refractivity contribution in [3.05, 3.63) is 60.8 Å². The van der Waals surface area contributed by atoms with E-state index in [4.69, 9.17) is 9.47 Å². The van der Waals surface area contributed by atoms with Crippen molar-refractivity contribution in [1.29, 1.82) is 0 Å². The Labute approximate surface area is 232 Å². The zero-order chi connectivity index (χ0) is 27.9. The predicted octanol–water partition coefficient (Wildman–Crippen LogP) is 8.50. The molecule has 0 saturated carbocycles. The van der Waals surface area contributed by atoms with E-state index >= 15 is 0 Å². The fourth-order valence-corrected chi connectivity index (χ4v) is 3.60. The second kappa shape index (κ2) is 29.2. The monoisotopic (exact) mass is 530 g/mol. The van der Waals surface area contributed by atoms with E-state index in [0.717, 1.165) is 57.8 Å². The van der Waals surface area contributed by atoms with Gasteiger partial charge in [-0.2, -0.15) is 0 Å². The van der Waals surface area contributed by atoms with Crippen LogP contribution in [0.2, 0.25) is 0 Å². The van der Waals surface area contributed by atoms with Gasteiger partial charge in [-0.25, -0.2) is 0 Å². The van der Waals surface area contributed by atoms with Crippen LogP contribution < -0.4 is 0 Å². The predicted molar refractivity (Wildman–Crippen MR) is 159 cm³/mol. The van der Waals surface area contributed by atoms with Gasteiger partial charge in [0.1, 0.15) is 6.61 Å². The number of ether oxygens (including phenoxy) is 2. The maximum Gasteiger partial charge on any atom is 0.306 e. The lowest BCUT2D eigenvalue weighted by Crippen LogP contribution is -2.28. The van der Waals surface area contributed by atoms with Crippen LogP contribution in [0.1, 0.15) is 117 Å². The lowest BCUT2D eigenvalue weighted by molar-refractivity contribution is -0.161. The fourth-order valence-electron chi connectivity index (χ4n) is 3.60. The van der Waals surface area contributed by atoms with Gasteiger partial charge < -0.3 is 14.6 Å². The van der Waals surface area contributed by atoms with Crippen LogP contribution in [0.15, 0.2) is 60.8 Å². The third-order valence-electron chi connectivity index (χ3n) is 5.89. The Hall–Kier alpha value is -2.40. The molecule has 216 valence electrons. The molecule has 0 aliphatic rings. The highest BCUT2D eigenvalue weighted by molar-refractivity contribution is 5.70. The number of esters is 2. The van der Waals surface area contributed by atoms with E-state index < -0.39 is 6.10 Å². The molecule has 0 aromatic carbocycles. The molecular formula is C33H54O5. The highest BCUT2D eigenvalue weighted by Crippen LogP contribution is 2.10. The van der Waals surface area contributed by atoms with Crippen molar-refractivity contribution in [1.82, 2.24) is 0 Å². The lowest BCUT2D eigenvalue weighted by atomic mass is 10.1. The maximum atomic E-state index is 12.0. The highest BCUT2D eigenvalue weighted by atomic mass is 16.6. The largest absolute Gasteiger partial charge is 0.462 e. The summed E-state index contributed by atoms with van der Waals surface area (Å²) in [5.41, 5.74) is 0. The van der Waals surface area contributed by atoms with E-state index in [1.54, 1.807) is 0 Å². The number of unbranched alkanes of at least 4 members (excludes halogenated alkanes) is 10. The summed E-state index contributed by atoms with van der Waals surface area (Å²) in [6.07, 6.45) is 35.6. The Bertz CT molecular complexity index is 702. The number of allylic oxidation sites excluding steroid dienone is 10. The first kappa shape index (κ1) is 35.6. The SMILES string of the molecule is CC/C=C/C=C/C=C/C=C/CCCCCC(=O)OCC(CO)OC(=O)CCCCCCC/C=C/CCCC. The molecule has 1 atom stereocenters. The number of aliphatic hydroxyl groups excluding tert-OH is 1. The molecule has 0 fully saturated rings. The first-order chi connectivity index (χ1) is 18.6. The molecule has 0 aromatic heterocycles. The van der Waals surface area contributed by atoms with E-state index in [-0.39, 0.29) is 25.2 Å². The topological polar surface area (TPSA) is 72.8 Å². The number of carbonyl (C=O) groups is 2. The summed E-state index contributed by atoms with van der Waals surface area (Å²) in [5.74, 6) is -0.659. The van der Waals surface area contributed by atoms with Crippen LogP contribution in [-0.4, -0.2) is 36.4 Å². The van der Waals surface area contributed by atoms with Gasteiger partial charge in [0.2, 0.25) is 0 Å². The molecule has 0 bridgehead atoms. The minimum Gasteiger partial charge on any atom is -0.462 e. The maximum absolute atomic E-state index is 12.0. The standard InChI is InChI=1S/C33H54O5/c1-3-5-7-9-11-13-15-16-18-19-21-23-25-27-32(35)37-30-31(29-34)38-33(36)28-26-24-22-20-17-14-12-10-8-6-4-2/h5,7,9-13,15-16,18,31,34H,3-4,6,8,14,17,19-30H2,1-2H3/b7-5+,11-9+,12-10+,15-13+,18-16+. The minimum absolute atomic E-state index is 0.0927. The highest BCUT2D eigenvalue weighted by Gasteiger charge is 2.16. The summed E-state index contributed by atoms with van der Waals surface area (Å²) in [6, 6.07) is 0. The van der Waals surface area contributed by atoms with Crippen molar-refractivity contribution in [3.8, 4) is 0 Å². The summed E-state index contributed by atoms with van der Waals surface area (Å²) in [7, 11) is 0. The van der Waals surface area contributed by atoms with Gasteiger partial charge in [0.25, 0.3) is 0 Å². The van der Waals surface area contributed by atoms with Crippen LogP contribution in [0.25, 0.3) is 0 Å². The molecule has 0 aliphatic carbocycles. The van der Waals surface area contributed by atoms with Crippen molar-refractivity contribution < 1.29 is 24.2 Å². The van der Waals surface area contributed by atoms with Crippen LogP contribution in [0.3, 0.4) is 0 Å². The average molecular weight is 531 g/mol. The number of carbonyl (C=O) groups excluding carboxylic acids is 2. The molecule has 5 heteroatoms. The van der Waals surface area contributed by atoms with Crippen LogP contribution in [0.5, 0.6) is 0 Å². The van der Waals surface area contributed by atoms with Crippen molar-refractivity contribution in [3.63, 3.8) is 0 Å². The minimum atomic E-state index is -0.790. The Kier molecular flexibility index (Phi) is 27.3. The quantitative estimate of drug-likeness (QED) is 0.0554. The fraction of sp³-hybridized carbons (Fsp3) is 0.636. The molecule has 38 heavy (non-hydrogen) atoms. The van der Waals surface area contributed by atoms with Gasteiger partial charge in [0.15, 0.2) is 6.10 Å². The zero-order valence-corrected chi connectivity index (χ0v) is 24.2. The van der Waals surface area contributed by atoms with Crippen molar-refractivity contribution in [2.24, 2.45) is 0 Å². The van der Waals surface area contributed by atoms with E-state index in [0.29, 0.717) is 12.8 Å². The van der Waals surface area contributed by atoms with Crippen molar-refractivity contribution in [2.45, 2.75) is 123 Å². The molecular weight excluding hydrogens is 476 g/mol. The number of hydrogen-bond donors (Lipinski definition) is 1. The normalized spacial score (nSPS) is 13.0. The molecule has 5 nitrogen and oxygen atoms in total. The van der Waals surface area contributed by atoms with Gasteiger partial charge in [-0.3, -0.25) is 9.59 Å². The molecule has 0 aromatic rings. The Morgan fingerprint density at radius 1 is 0.632 bits per heavy atom. The molecule has 1 unspecified atom stereocenters. The van der Waals surface area contributed by atoms with E-state index in [9.17, 15) is 14.7 Å². The van der Waals surface area contributed by atoms with E-state index in [1.165, 1.54) is 32.1 Å². The van der Waals surface area contributed by atoms with Crippen LogP contribution in [0.4, 0.5) is 0 Å². The number of hydrogen-bond acceptors (Lipinski definition) is 5. The molecule has 1 N–H and O–H groups in total. The molecule has 0 aliphatic heterocycles. The molecule has 0 spiro atoms. The first-order valence-corrected chi connectivity index (χ1v) is 14.9. The van der Waals surface area contributed by atoms with Crippen LogP contribution in [0, 0.1) is 0 Å². The van der Waals surface area contributed by atoms with E-state index in [1.807, 2.05) is 36.5 Å². The van der Waals surface area contributed by atoms with Gasteiger partial charge in [0.05, 0.1) is 6.61 Å². The molecule has 0 saturated heterocycles. The van der Waals surface area contributed by atoms with Gasteiger partial charge in [-0.05, 0) is 51.4 Å². The van der Waals surface area contributed by atoms with Gasteiger partial charge in [-0.1, -0.05) is 113 Å². The summed E-state index contributed by atoms with van der Waals surface area (Å²) in [4.78, 5) is 24.0. The average Bonchev–Trinajstić information content (AvgIpc) is 2.92. The Morgan fingerprint density at radius 2 is 1.16 bits per heavy atom. The summed E-state index contributed by atoms with van der Waals surface area (Å²) < 4.78 is 10.5. The van der Waals surface area contributed by atoms with Gasteiger partial charge >= 0.3 is 11.9 Å². The summed E-state index contributed by atoms with van der Waals surface area (Å²) in [6.45, 7) is 3.87. The summed E-state index contributed by atoms with van der Waals surface area (Å²) >= 11 is 0. The van der Waals surface area contributed by atoms with Crippen LogP contribution in [-0.2, 0) is 19.1 Å². The Morgan fingerprint density at radius 3 is 1.82 bits per heavy atom. The smallest absolute Gasteiger partial charge is 0.306 e. The molecule has 0 radical (unpaired) electrons. The van der Waals surface area contributed by atoms with Gasteiger partial charge in [-0.15, -0.1) is 0 Å². The Balaban J connectivity index is 3.73. The number of aliphatic hydroxyl groups is 1. The van der Waals surface area contributed by atoms with Crippen LogP contribution >= 0.6 is 0 Å². The molecule has 0 amide bonds. The van der Waals surface area contributed by atoms with Crippen molar-refractivity contribution >= 4 is 11.9 Å². The second-order valence-electron chi connectivity index (χ2n) is 9.53. The third kappa shape index (κ3) is 26.7. The third-order valence-corrected chi connectivity index (χ3v) is 5.89. The van der Waals surface area contributed by atoms with Gasteiger partial charge in [0, 0.05) is 12.8 Å². The zero-order valence-electron chi connectivity index (χ0n) is 24.2. The lowest BCUT2D eigenvalue weighted by Gasteiger charge is -2.15.